The Labute approximate surface area is 147 Å². The van der Waals surface area contributed by atoms with Gasteiger partial charge >= 0.3 is 0 Å². The van der Waals surface area contributed by atoms with E-state index in [1.54, 1.807) is 19.1 Å². The highest BCUT2D eigenvalue weighted by atomic mass is 35.5. The standard InChI is InChI=1S/C16H12ClFN4O3/c1-2-24-13-6-9(5-10(7-19)14(20)23)3-4-12(13)25-15-11(18)8-21-16(17)22-15/h3-6,8H,2H2,1H3,(H2,20,23). The molecule has 128 valence electrons. The molecular weight excluding hydrogens is 351 g/mol. The third-order valence-corrected chi connectivity index (χ3v) is 3.04. The van der Waals surface area contributed by atoms with Crippen LogP contribution in [0.1, 0.15) is 12.5 Å². The van der Waals surface area contributed by atoms with Gasteiger partial charge in [-0.05, 0) is 42.3 Å². The number of nitrogens with two attached hydrogens (primary N) is 1. The smallest absolute Gasteiger partial charge is 0.260 e. The highest BCUT2D eigenvalue weighted by molar-refractivity contribution is 6.28. The predicted molar refractivity (Wildman–Crippen MR) is 87.5 cm³/mol. The number of amides is 1. The van der Waals surface area contributed by atoms with E-state index in [1.807, 2.05) is 0 Å². The van der Waals surface area contributed by atoms with Crippen molar-refractivity contribution in [1.29, 1.82) is 5.26 Å². The number of primary amides is 1. The second-order valence-electron chi connectivity index (χ2n) is 4.57. The second kappa shape index (κ2) is 8.08. The van der Waals surface area contributed by atoms with Crippen LogP contribution in [0.2, 0.25) is 5.28 Å². The lowest BCUT2D eigenvalue weighted by atomic mass is 10.1. The molecule has 25 heavy (non-hydrogen) atoms. The van der Waals surface area contributed by atoms with Crippen LogP contribution in [-0.2, 0) is 4.79 Å². The van der Waals surface area contributed by atoms with Gasteiger partial charge in [0.2, 0.25) is 11.1 Å². The van der Waals surface area contributed by atoms with Crippen LogP contribution < -0.4 is 15.2 Å². The van der Waals surface area contributed by atoms with Crippen molar-refractivity contribution in [3.8, 4) is 23.4 Å². The molecule has 1 heterocycles. The minimum atomic E-state index is -0.849. The van der Waals surface area contributed by atoms with E-state index < -0.39 is 11.7 Å². The van der Waals surface area contributed by atoms with Gasteiger partial charge in [0, 0.05) is 0 Å². The first-order valence-corrected chi connectivity index (χ1v) is 7.36. The Balaban J connectivity index is 2.41. The SMILES string of the molecule is CCOc1cc(C=C(C#N)C(N)=O)ccc1Oc1nc(Cl)ncc1F. The molecule has 7 nitrogen and oxygen atoms in total. The van der Waals surface area contributed by atoms with Crippen molar-refractivity contribution in [2.75, 3.05) is 6.61 Å². The molecule has 0 saturated heterocycles. The van der Waals surface area contributed by atoms with Crippen molar-refractivity contribution in [1.82, 2.24) is 9.97 Å². The number of rotatable bonds is 6. The van der Waals surface area contributed by atoms with E-state index in [1.165, 1.54) is 18.2 Å². The number of ether oxygens (including phenoxy) is 2. The quantitative estimate of drug-likeness (QED) is 0.480. The minimum Gasteiger partial charge on any atom is -0.490 e. The number of hydrogen-bond acceptors (Lipinski definition) is 6. The maximum atomic E-state index is 13.7. The zero-order valence-electron chi connectivity index (χ0n) is 13.0. The highest BCUT2D eigenvalue weighted by Crippen LogP contribution is 2.33. The van der Waals surface area contributed by atoms with Gasteiger partial charge in [-0.25, -0.2) is 4.98 Å². The van der Waals surface area contributed by atoms with Gasteiger partial charge in [0.15, 0.2) is 11.5 Å². The first-order chi connectivity index (χ1) is 11.9. The van der Waals surface area contributed by atoms with Crippen molar-refractivity contribution >= 4 is 23.6 Å². The van der Waals surface area contributed by atoms with Crippen LogP contribution in [0.4, 0.5) is 4.39 Å². The molecule has 0 bridgehead atoms. The summed E-state index contributed by atoms with van der Waals surface area (Å²) in [5, 5.41) is 8.72. The van der Waals surface area contributed by atoms with Gasteiger partial charge in [0.25, 0.3) is 11.8 Å². The van der Waals surface area contributed by atoms with Crippen molar-refractivity contribution in [3.63, 3.8) is 0 Å². The molecule has 1 amide bonds. The predicted octanol–water partition coefficient (Wildman–Crippen LogP) is 2.85. The summed E-state index contributed by atoms with van der Waals surface area (Å²) in [5.74, 6) is -1.58. The fraction of sp³-hybridized carbons (Fsp3) is 0.125. The summed E-state index contributed by atoms with van der Waals surface area (Å²) in [6.45, 7) is 2.05. The normalized spacial score (nSPS) is 10.9. The largest absolute Gasteiger partial charge is 0.490 e. The van der Waals surface area contributed by atoms with Crippen molar-refractivity contribution in [2.24, 2.45) is 5.73 Å². The summed E-state index contributed by atoms with van der Waals surface area (Å²) in [4.78, 5) is 18.3. The van der Waals surface area contributed by atoms with Gasteiger partial charge in [-0.3, -0.25) is 4.79 Å². The van der Waals surface area contributed by atoms with Crippen LogP contribution >= 0.6 is 11.6 Å². The maximum Gasteiger partial charge on any atom is 0.260 e. The van der Waals surface area contributed by atoms with E-state index in [0.717, 1.165) is 6.20 Å². The van der Waals surface area contributed by atoms with E-state index >= 15 is 0 Å². The molecule has 0 aliphatic carbocycles. The van der Waals surface area contributed by atoms with Crippen LogP contribution in [-0.4, -0.2) is 22.5 Å². The van der Waals surface area contributed by atoms with Gasteiger partial charge in [-0.2, -0.15) is 14.6 Å². The number of nitrogens with zero attached hydrogens (tertiary/aromatic N) is 3. The lowest BCUT2D eigenvalue weighted by Crippen LogP contribution is -2.12. The molecule has 0 radical (unpaired) electrons. The fourth-order valence-corrected chi connectivity index (χ4v) is 1.92. The van der Waals surface area contributed by atoms with Crippen molar-refractivity contribution in [3.05, 3.63) is 46.6 Å². The molecule has 0 spiro atoms. The van der Waals surface area contributed by atoms with Crippen LogP contribution in [0.3, 0.4) is 0 Å². The maximum absolute atomic E-state index is 13.7. The molecule has 2 N–H and O–H groups in total. The molecule has 0 saturated carbocycles. The Morgan fingerprint density at radius 2 is 2.24 bits per heavy atom. The van der Waals surface area contributed by atoms with E-state index in [-0.39, 0.29) is 28.2 Å². The summed E-state index contributed by atoms with van der Waals surface area (Å²) in [7, 11) is 0. The van der Waals surface area contributed by atoms with Gasteiger partial charge < -0.3 is 15.2 Å². The fourth-order valence-electron chi connectivity index (χ4n) is 1.80. The number of benzene rings is 1. The Bertz CT molecular complexity index is 880. The van der Waals surface area contributed by atoms with Crippen molar-refractivity contribution in [2.45, 2.75) is 6.92 Å². The molecule has 1 aromatic carbocycles. The molecule has 0 atom stereocenters. The lowest BCUT2D eigenvalue weighted by molar-refractivity contribution is -0.114. The number of carbonyl (C=O) groups is 1. The molecule has 1 aromatic heterocycles. The topological polar surface area (TPSA) is 111 Å². The average molecular weight is 363 g/mol. The Kier molecular flexibility index (Phi) is 5.87. The summed E-state index contributed by atoms with van der Waals surface area (Å²) < 4.78 is 24.6. The van der Waals surface area contributed by atoms with Crippen LogP contribution in [0.15, 0.2) is 30.0 Å². The number of carbonyl (C=O) groups excluding carboxylic acids is 1. The van der Waals surface area contributed by atoms with E-state index in [0.29, 0.717) is 12.2 Å². The molecule has 0 unspecified atom stereocenters. The molecule has 0 fully saturated rings. The van der Waals surface area contributed by atoms with Crippen LogP contribution in [0.5, 0.6) is 17.4 Å². The molecule has 2 aromatic rings. The highest BCUT2D eigenvalue weighted by Gasteiger charge is 2.13. The number of hydrogen-bond donors (Lipinski definition) is 1. The number of nitriles is 1. The first kappa shape index (κ1) is 18.2. The van der Waals surface area contributed by atoms with E-state index in [4.69, 9.17) is 32.1 Å². The Hall–Kier alpha value is -3.18. The molecular formula is C16H12ClFN4O3. The zero-order valence-corrected chi connectivity index (χ0v) is 13.7. The summed E-state index contributed by atoms with van der Waals surface area (Å²) in [5.41, 5.74) is 5.36. The summed E-state index contributed by atoms with van der Waals surface area (Å²) in [6.07, 6.45) is 2.19. The van der Waals surface area contributed by atoms with Crippen LogP contribution in [0, 0.1) is 17.1 Å². The van der Waals surface area contributed by atoms with E-state index in [9.17, 15) is 9.18 Å². The first-order valence-electron chi connectivity index (χ1n) is 6.99. The second-order valence-corrected chi connectivity index (χ2v) is 4.91. The van der Waals surface area contributed by atoms with Crippen LogP contribution in [0.25, 0.3) is 6.08 Å². The summed E-state index contributed by atoms with van der Waals surface area (Å²) in [6, 6.07) is 6.23. The number of halogens is 2. The molecule has 9 heteroatoms. The van der Waals surface area contributed by atoms with Crippen molar-refractivity contribution < 1.29 is 18.7 Å². The molecule has 0 aliphatic heterocycles. The monoisotopic (exact) mass is 362 g/mol. The third kappa shape index (κ3) is 4.65. The summed E-state index contributed by atoms with van der Waals surface area (Å²) >= 11 is 5.63. The van der Waals surface area contributed by atoms with E-state index in [2.05, 4.69) is 9.97 Å². The van der Waals surface area contributed by atoms with Gasteiger partial charge in [0.05, 0.1) is 12.8 Å². The molecule has 0 aliphatic rings. The zero-order chi connectivity index (χ0) is 18.4. The number of aromatic nitrogens is 2. The van der Waals surface area contributed by atoms with Gasteiger partial charge in [0.1, 0.15) is 11.6 Å². The molecule has 2 rings (SSSR count). The Morgan fingerprint density at radius 1 is 1.48 bits per heavy atom. The third-order valence-electron chi connectivity index (χ3n) is 2.85. The minimum absolute atomic E-state index is 0.172. The van der Waals surface area contributed by atoms with Gasteiger partial charge in [-0.15, -0.1) is 0 Å². The van der Waals surface area contributed by atoms with Gasteiger partial charge in [-0.1, -0.05) is 6.07 Å². The average Bonchev–Trinajstić information content (AvgIpc) is 2.58. The lowest BCUT2D eigenvalue weighted by Gasteiger charge is -2.12. The Morgan fingerprint density at radius 3 is 2.88 bits per heavy atom.